The minimum atomic E-state index is 0.175. The predicted octanol–water partition coefficient (Wildman–Crippen LogP) is 3.90. The van der Waals surface area contributed by atoms with E-state index < -0.39 is 0 Å². The molecule has 2 unspecified atom stereocenters. The van der Waals surface area contributed by atoms with Crippen molar-refractivity contribution in [2.24, 2.45) is 11.8 Å². The third-order valence-corrected chi connectivity index (χ3v) is 5.18. The van der Waals surface area contributed by atoms with Crippen LogP contribution in [0.2, 0.25) is 0 Å². The number of carbonyl (C=O) groups excluding carboxylic acids is 1. The molecule has 0 aliphatic carbocycles. The number of piperidine rings is 1. The molecule has 21 heavy (non-hydrogen) atoms. The third-order valence-electron chi connectivity index (χ3n) is 5.18. The number of amides is 1. The van der Waals surface area contributed by atoms with Gasteiger partial charge in [0.1, 0.15) is 0 Å². The second kappa shape index (κ2) is 5.21. The number of hydrogen-bond donors (Lipinski definition) is 1. The molecule has 2 atom stereocenters. The van der Waals surface area contributed by atoms with E-state index in [1.54, 1.807) is 0 Å². The molecule has 2 aromatic rings. The van der Waals surface area contributed by atoms with Crippen LogP contribution in [0.5, 0.6) is 0 Å². The van der Waals surface area contributed by atoms with Gasteiger partial charge >= 0.3 is 0 Å². The molecule has 1 fully saturated rings. The highest BCUT2D eigenvalue weighted by atomic mass is 16.2. The topological polar surface area (TPSA) is 36.1 Å². The summed E-state index contributed by atoms with van der Waals surface area (Å²) in [5, 5.41) is 1.16. The van der Waals surface area contributed by atoms with E-state index >= 15 is 0 Å². The maximum absolute atomic E-state index is 12.7. The number of carbonyl (C=O) groups is 1. The van der Waals surface area contributed by atoms with Crippen molar-refractivity contribution in [3.8, 4) is 0 Å². The summed E-state index contributed by atoms with van der Waals surface area (Å²) in [5.74, 6) is 1.47. The van der Waals surface area contributed by atoms with Gasteiger partial charge in [-0.15, -0.1) is 0 Å². The fourth-order valence-corrected chi connectivity index (χ4v) is 3.22. The highest BCUT2D eigenvalue weighted by Crippen LogP contribution is 2.26. The molecule has 3 rings (SSSR count). The van der Waals surface area contributed by atoms with Crippen molar-refractivity contribution in [2.75, 3.05) is 13.1 Å². The van der Waals surface area contributed by atoms with Crippen molar-refractivity contribution in [3.63, 3.8) is 0 Å². The molecule has 0 spiro atoms. The molecule has 1 amide bonds. The largest absolute Gasteiger partial charge is 0.358 e. The Labute approximate surface area is 126 Å². The van der Waals surface area contributed by atoms with Gasteiger partial charge in [0.2, 0.25) is 0 Å². The summed E-state index contributed by atoms with van der Waals surface area (Å²) in [4.78, 5) is 18.1. The lowest BCUT2D eigenvalue weighted by molar-refractivity contribution is 0.0627. The number of H-pyrrole nitrogens is 1. The van der Waals surface area contributed by atoms with Crippen LogP contribution in [0.25, 0.3) is 10.9 Å². The van der Waals surface area contributed by atoms with Gasteiger partial charge in [-0.3, -0.25) is 4.79 Å². The number of rotatable bonds is 1. The Bertz CT molecular complexity index is 686. The molecule has 2 heterocycles. The van der Waals surface area contributed by atoms with Crippen LogP contribution in [0.1, 0.15) is 41.9 Å². The van der Waals surface area contributed by atoms with Gasteiger partial charge in [0, 0.05) is 35.2 Å². The monoisotopic (exact) mass is 284 g/mol. The molecule has 0 radical (unpaired) electrons. The van der Waals surface area contributed by atoms with Gasteiger partial charge in [0.05, 0.1) is 0 Å². The van der Waals surface area contributed by atoms with Gasteiger partial charge in [0.15, 0.2) is 0 Å². The van der Waals surface area contributed by atoms with E-state index in [1.165, 1.54) is 11.3 Å². The summed E-state index contributed by atoms with van der Waals surface area (Å²) in [6, 6.07) is 6.01. The quantitative estimate of drug-likeness (QED) is 0.847. The van der Waals surface area contributed by atoms with E-state index in [4.69, 9.17) is 0 Å². The van der Waals surface area contributed by atoms with Gasteiger partial charge in [-0.25, -0.2) is 0 Å². The minimum absolute atomic E-state index is 0.175. The maximum atomic E-state index is 12.7. The number of benzene rings is 1. The number of aryl methyl sites for hydroxylation is 2. The van der Waals surface area contributed by atoms with Crippen molar-refractivity contribution in [3.05, 3.63) is 35.0 Å². The van der Waals surface area contributed by atoms with Crippen LogP contribution in [0.4, 0.5) is 0 Å². The van der Waals surface area contributed by atoms with E-state index in [0.29, 0.717) is 11.8 Å². The third kappa shape index (κ3) is 2.45. The molecule has 1 saturated heterocycles. The molecule has 1 aromatic carbocycles. The summed E-state index contributed by atoms with van der Waals surface area (Å²) >= 11 is 0. The second-order valence-corrected chi connectivity index (χ2v) is 6.63. The predicted molar refractivity (Wildman–Crippen MR) is 86.6 cm³/mol. The highest BCUT2D eigenvalue weighted by molar-refractivity contribution is 5.99. The highest BCUT2D eigenvalue weighted by Gasteiger charge is 2.26. The van der Waals surface area contributed by atoms with E-state index in [1.807, 2.05) is 23.1 Å². The first-order valence-electron chi connectivity index (χ1n) is 7.85. The average Bonchev–Trinajstić information content (AvgIpc) is 2.76. The minimum Gasteiger partial charge on any atom is -0.358 e. The smallest absolute Gasteiger partial charge is 0.253 e. The lowest BCUT2D eigenvalue weighted by Crippen LogP contribution is -2.42. The van der Waals surface area contributed by atoms with Crippen LogP contribution >= 0.6 is 0 Å². The Morgan fingerprint density at radius 2 is 2.00 bits per heavy atom. The number of nitrogens with one attached hydrogen (secondary N) is 1. The SMILES string of the molecule is Cc1[nH]c2ccc(C(=O)N3CCC(C)C(C)C3)cc2c1C. The first-order chi connectivity index (χ1) is 9.97. The van der Waals surface area contributed by atoms with Gasteiger partial charge in [-0.05, 0) is 55.9 Å². The zero-order valence-electron chi connectivity index (χ0n) is 13.4. The Balaban J connectivity index is 1.89. The van der Waals surface area contributed by atoms with E-state index in [9.17, 15) is 4.79 Å². The van der Waals surface area contributed by atoms with Crippen LogP contribution < -0.4 is 0 Å². The molecule has 1 aliphatic rings. The molecule has 1 aliphatic heterocycles. The molecule has 112 valence electrons. The van der Waals surface area contributed by atoms with Crippen molar-refractivity contribution in [1.29, 1.82) is 0 Å². The Kier molecular flexibility index (Phi) is 3.52. The summed E-state index contributed by atoms with van der Waals surface area (Å²) in [6.07, 6.45) is 1.11. The number of hydrogen-bond acceptors (Lipinski definition) is 1. The van der Waals surface area contributed by atoms with Gasteiger partial charge in [-0.2, -0.15) is 0 Å². The normalized spacial score (nSPS) is 22.8. The second-order valence-electron chi connectivity index (χ2n) is 6.63. The fraction of sp³-hybridized carbons (Fsp3) is 0.500. The number of aromatic nitrogens is 1. The van der Waals surface area contributed by atoms with Crippen molar-refractivity contribution >= 4 is 16.8 Å². The number of nitrogens with zero attached hydrogens (tertiary/aromatic N) is 1. The first-order valence-corrected chi connectivity index (χ1v) is 7.85. The van der Waals surface area contributed by atoms with Crippen LogP contribution in [-0.4, -0.2) is 28.9 Å². The van der Waals surface area contributed by atoms with Crippen molar-refractivity contribution < 1.29 is 4.79 Å². The lowest BCUT2D eigenvalue weighted by Gasteiger charge is -2.35. The van der Waals surface area contributed by atoms with Crippen molar-refractivity contribution in [1.82, 2.24) is 9.88 Å². The zero-order chi connectivity index (χ0) is 15.1. The maximum Gasteiger partial charge on any atom is 0.253 e. The summed E-state index contributed by atoms with van der Waals surface area (Å²) < 4.78 is 0. The van der Waals surface area contributed by atoms with Crippen molar-refractivity contribution in [2.45, 2.75) is 34.1 Å². The van der Waals surface area contributed by atoms with Gasteiger partial charge in [-0.1, -0.05) is 13.8 Å². The van der Waals surface area contributed by atoms with Gasteiger partial charge < -0.3 is 9.88 Å². The number of aromatic amines is 1. The molecule has 3 nitrogen and oxygen atoms in total. The molecule has 1 N–H and O–H groups in total. The summed E-state index contributed by atoms with van der Waals surface area (Å²) in [6.45, 7) is 10.5. The van der Waals surface area contributed by atoms with E-state index in [0.717, 1.165) is 36.0 Å². The Hall–Kier alpha value is -1.77. The standard InChI is InChI=1S/C18H24N2O/c1-11-7-8-20(10-12(11)2)18(21)15-5-6-17-16(9-15)13(3)14(4)19-17/h5-6,9,11-12,19H,7-8,10H2,1-4H3. The Morgan fingerprint density at radius 3 is 2.71 bits per heavy atom. The molecule has 1 aromatic heterocycles. The molecule has 0 bridgehead atoms. The lowest BCUT2D eigenvalue weighted by atomic mass is 9.88. The van der Waals surface area contributed by atoms with Crippen LogP contribution in [0.15, 0.2) is 18.2 Å². The zero-order valence-corrected chi connectivity index (χ0v) is 13.4. The molecular formula is C18H24N2O. The molecule has 3 heteroatoms. The van der Waals surface area contributed by atoms with E-state index in [-0.39, 0.29) is 5.91 Å². The average molecular weight is 284 g/mol. The van der Waals surface area contributed by atoms with Gasteiger partial charge in [0.25, 0.3) is 5.91 Å². The fourth-order valence-electron chi connectivity index (χ4n) is 3.22. The molecule has 0 saturated carbocycles. The van der Waals surface area contributed by atoms with Crippen LogP contribution in [0, 0.1) is 25.7 Å². The number of likely N-dealkylation sites (tertiary alicyclic amines) is 1. The Morgan fingerprint density at radius 1 is 1.24 bits per heavy atom. The first kappa shape index (κ1) is 14.2. The van der Waals surface area contributed by atoms with E-state index in [2.05, 4.69) is 32.7 Å². The van der Waals surface area contributed by atoms with Crippen LogP contribution in [-0.2, 0) is 0 Å². The molecular weight excluding hydrogens is 260 g/mol. The summed E-state index contributed by atoms with van der Waals surface area (Å²) in [5.41, 5.74) is 4.34. The van der Waals surface area contributed by atoms with Crippen LogP contribution in [0.3, 0.4) is 0 Å². The number of fused-ring (bicyclic) bond motifs is 1. The summed E-state index contributed by atoms with van der Waals surface area (Å²) in [7, 11) is 0.